The maximum atomic E-state index is 12.5. The van der Waals surface area contributed by atoms with Crippen LogP contribution in [0.5, 0.6) is 5.75 Å². The maximum Gasteiger partial charge on any atom is 0.445 e. The van der Waals surface area contributed by atoms with E-state index in [9.17, 15) is 18.0 Å². The predicted octanol–water partition coefficient (Wildman–Crippen LogP) is 3.85. The first kappa shape index (κ1) is 18.4. The predicted molar refractivity (Wildman–Crippen MR) is 87.1 cm³/mol. The van der Waals surface area contributed by atoms with Gasteiger partial charge >= 0.3 is 6.18 Å². The molecule has 0 fully saturated rings. The molecule has 0 unspecified atom stereocenters. The Morgan fingerprint density at radius 3 is 2.74 bits per heavy atom. The zero-order valence-corrected chi connectivity index (χ0v) is 14.1. The average Bonchev–Trinajstić information content (AvgIpc) is 3.29. The maximum absolute atomic E-state index is 12.5. The number of benzene rings is 1. The molecule has 0 aliphatic rings. The van der Waals surface area contributed by atoms with E-state index in [4.69, 9.17) is 14.4 Å². The average molecular weight is 394 g/mol. The fourth-order valence-corrected chi connectivity index (χ4v) is 2.56. The van der Waals surface area contributed by atoms with Crippen molar-refractivity contribution in [2.75, 3.05) is 5.32 Å². The highest BCUT2D eigenvalue weighted by Gasteiger charge is 2.35. The van der Waals surface area contributed by atoms with Gasteiger partial charge in [-0.2, -0.15) is 18.4 Å². The number of halogens is 3. The number of aromatic nitrogens is 2. The Kier molecular flexibility index (Phi) is 5.09. The molecule has 3 aromatic rings. The third-order valence-electron chi connectivity index (χ3n) is 3.15. The second-order valence-corrected chi connectivity index (χ2v) is 6.00. The number of furan rings is 1. The summed E-state index contributed by atoms with van der Waals surface area (Å²) in [6.07, 6.45) is -4.63. The van der Waals surface area contributed by atoms with Gasteiger partial charge in [-0.1, -0.05) is 23.5 Å². The number of hydrogen-bond donors (Lipinski definition) is 1. The summed E-state index contributed by atoms with van der Waals surface area (Å²) >= 11 is 0.205. The van der Waals surface area contributed by atoms with Gasteiger partial charge in [0, 0.05) is 0 Å². The van der Waals surface area contributed by atoms with Gasteiger partial charge in [-0.25, -0.2) is 0 Å². The fraction of sp³-hybridized carbons (Fsp3) is 0.125. The van der Waals surface area contributed by atoms with Crippen LogP contribution < -0.4 is 10.1 Å². The Bertz CT molecular complexity index is 1010. The molecule has 0 bridgehead atoms. The van der Waals surface area contributed by atoms with Crippen LogP contribution in [0.15, 0.2) is 40.8 Å². The van der Waals surface area contributed by atoms with Gasteiger partial charge in [-0.15, -0.1) is 10.2 Å². The lowest BCUT2D eigenvalue weighted by atomic mass is 10.2. The standard InChI is InChI=1S/C16H9F3N4O3S/c17-16(18,19)14-22-23-15(27-14)21-13(24)12-6-5-10(26-12)8-25-11-4-2-1-3-9(11)7-20/h1-6H,8H2,(H,21,23,24). The highest BCUT2D eigenvalue weighted by atomic mass is 32.1. The molecule has 11 heteroatoms. The van der Waals surface area contributed by atoms with Crippen LogP contribution in [0.4, 0.5) is 18.3 Å². The fourth-order valence-electron chi connectivity index (χ4n) is 1.96. The minimum Gasteiger partial charge on any atom is -0.484 e. The number of amides is 1. The Labute approximate surface area is 154 Å². The lowest BCUT2D eigenvalue weighted by Crippen LogP contribution is -2.10. The van der Waals surface area contributed by atoms with Crippen molar-refractivity contribution >= 4 is 22.4 Å². The Balaban J connectivity index is 1.62. The third-order valence-corrected chi connectivity index (χ3v) is 4.03. The summed E-state index contributed by atoms with van der Waals surface area (Å²) in [5.41, 5.74) is 0.346. The van der Waals surface area contributed by atoms with Crippen molar-refractivity contribution in [2.45, 2.75) is 12.8 Å². The molecule has 0 atom stereocenters. The lowest BCUT2D eigenvalue weighted by molar-refractivity contribution is -0.138. The molecule has 2 aromatic heterocycles. The molecule has 0 aliphatic carbocycles. The Hall–Kier alpha value is -3.39. The molecule has 138 valence electrons. The largest absolute Gasteiger partial charge is 0.484 e. The van der Waals surface area contributed by atoms with Crippen LogP contribution in [0.25, 0.3) is 0 Å². The number of para-hydroxylation sites is 1. The summed E-state index contributed by atoms with van der Waals surface area (Å²) in [6.45, 7) is -0.0387. The number of carbonyl (C=O) groups excluding carboxylic acids is 1. The molecule has 0 saturated heterocycles. The number of ether oxygens (including phenoxy) is 1. The van der Waals surface area contributed by atoms with E-state index >= 15 is 0 Å². The van der Waals surface area contributed by atoms with Gasteiger partial charge in [0.15, 0.2) is 5.76 Å². The molecule has 7 nitrogen and oxygen atoms in total. The van der Waals surface area contributed by atoms with Crippen LogP contribution in [-0.2, 0) is 12.8 Å². The second kappa shape index (κ2) is 7.46. The number of nitriles is 1. The van der Waals surface area contributed by atoms with Crippen LogP contribution in [0.3, 0.4) is 0 Å². The monoisotopic (exact) mass is 394 g/mol. The van der Waals surface area contributed by atoms with Gasteiger partial charge in [0.25, 0.3) is 5.91 Å². The zero-order valence-electron chi connectivity index (χ0n) is 13.3. The number of hydrogen-bond acceptors (Lipinski definition) is 7. The summed E-state index contributed by atoms with van der Waals surface area (Å²) in [5, 5.41) is 16.0. The molecular formula is C16H9F3N4O3S. The van der Waals surface area contributed by atoms with Crippen molar-refractivity contribution in [3.05, 3.63) is 58.5 Å². The van der Waals surface area contributed by atoms with E-state index in [0.29, 0.717) is 17.1 Å². The Morgan fingerprint density at radius 2 is 2.04 bits per heavy atom. The van der Waals surface area contributed by atoms with Gasteiger partial charge in [0.2, 0.25) is 10.1 Å². The van der Waals surface area contributed by atoms with Crippen molar-refractivity contribution in [1.29, 1.82) is 5.26 Å². The molecule has 1 aromatic carbocycles. The van der Waals surface area contributed by atoms with Gasteiger partial charge in [-0.05, 0) is 24.3 Å². The summed E-state index contributed by atoms with van der Waals surface area (Å²) in [7, 11) is 0. The highest BCUT2D eigenvalue weighted by molar-refractivity contribution is 7.15. The molecule has 1 N–H and O–H groups in total. The van der Waals surface area contributed by atoms with Crippen LogP contribution >= 0.6 is 11.3 Å². The van der Waals surface area contributed by atoms with Gasteiger partial charge in [-0.3, -0.25) is 10.1 Å². The number of alkyl halides is 3. The second-order valence-electron chi connectivity index (χ2n) is 5.03. The molecule has 1 amide bonds. The van der Waals surface area contributed by atoms with E-state index < -0.39 is 17.1 Å². The minimum absolute atomic E-state index is 0.0387. The first-order valence-electron chi connectivity index (χ1n) is 7.29. The third kappa shape index (κ3) is 4.42. The molecule has 0 radical (unpaired) electrons. The van der Waals surface area contributed by atoms with E-state index in [2.05, 4.69) is 15.5 Å². The minimum atomic E-state index is -4.63. The normalized spacial score (nSPS) is 11.0. The van der Waals surface area contributed by atoms with Crippen molar-refractivity contribution in [3.8, 4) is 11.8 Å². The van der Waals surface area contributed by atoms with Gasteiger partial charge in [0.1, 0.15) is 24.2 Å². The first-order chi connectivity index (χ1) is 12.9. The quantitative estimate of drug-likeness (QED) is 0.705. The van der Waals surface area contributed by atoms with Gasteiger partial charge < -0.3 is 9.15 Å². The molecule has 0 saturated carbocycles. The van der Waals surface area contributed by atoms with Crippen LogP contribution in [0, 0.1) is 11.3 Å². The van der Waals surface area contributed by atoms with Crippen LogP contribution in [-0.4, -0.2) is 16.1 Å². The first-order valence-corrected chi connectivity index (χ1v) is 8.11. The summed E-state index contributed by atoms with van der Waals surface area (Å²) in [6, 6.07) is 11.4. The lowest BCUT2D eigenvalue weighted by Gasteiger charge is -2.05. The number of nitrogens with one attached hydrogen (secondary N) is 1. The van der Waals surface area contributed by atoms with E-state index in [1.165, 1.54) is 12.1 Å². The van der Waals surface area contributed by atoms with Crippen molar-refractivity contribution in [2.24, 2.45) is 0 Å². The smallest absolute Gasteiger partial charge is 0.445 e. The van der Waals surface area contributed by atoms with E-state index in [1.807, 2.05) is 6.07 Å². The molecule has 3 rings (SSSR count). The van der Waals surface area contributed by atoms with Crippen LogP contribution in [0.2, 0.25) is 0 Å². The molecule has 27 heavy (non-hydrogen) atoms. The molecule has 2 heterocycles. The zero-order chi connectivity index (χ0) is 19.4. The highest BCUT2D eigenvalue weighted by Crippen LogP contribution is 2.33. The van der Waals surface area contributed by atoms with Gasteiger partial charge in [0.05, 0.1) is 5.56 Å². The number of anilines is 1. The topological polar surface area (TPSA) is 101 Å². The number of rotatable bonds is 5. The van der Waals surface area contributed by atoms with Crippen molar-refractivity contribution < 1.29 is 27.1 Å². The van der Waals surface area contributed by atoms with E-state index in [1.54, 1.807) is 24.3 Å². The number of nitrogens with zero attached hydrogens (tertiary/aromatic N) is 3. The Morgan fingerprint density at radius 1 is 1.26 bits per heavy atom. The molecule has 0 aliphatic heterocycles. The summed E-state index contributed by atoms with van der Waals surface area (Å²) in [4.78, 5) is 12.0. The van der Waals surface area contributed by atoms with E-state index in [0.717, 1.165) is 0 Å². The molecule has 0 spiro atoms. The van der Waals surface area contributed by atoms with Crippen molar-refractivity contribution in [1.82, 2.24) is 10.2 Å². The summed E-state index contributed by atoms with van der Waals surface area (Å²) < 4.78 is 48.2. The number of carbonyl (C=O) groups is 1. The van der Waals surface area contributed by atoms with Crippen LogP contribution in [0.1, 0.15) is 26.9 Å². The molecular weight excluding hydrogens is 385 g/mol. The SMILES string of the molecule is N#Cc1ccccc1OCc1ccc(C(=O)Nc2nnc(C(F)(F)F)s2)o1. The summed E-state index contributed by atoms with van der Waals surface area (Å²) in [5.74, 6) is -0.258. The van der Waals surface area contributed by atoms with E-state index in [-0.39, 0.29) is 28.8 Å². The van der Waals surface area contributed by atoms with Crippen molar-refractivity contribution in [3.63, 3.8) is 0 Å².